The van der Waals surface area contributed by atoms with Gasteiger partial charge < -0.3 is 15.6 Å². The van der Waals surface area contributed by atoms with Crippen LogP contribution in [-0.4, -0.2) is 67.5 Å². The molecule has 190 valence electrons. The third kappa shape index (κ3) is 6.75. The maximum Gasteiger partial charge on any atom is 0.405 e. The summed E-state index contributed by atoms with van der Waals surface area (Å²) in [5.74, 6) is 0.593. The molecule has 1 unspecified atom stereocenters. The molecule has 3 heterocycles. The van der Waals surface area contributed by atoms with E-state index in [4.69, 9.17) is 19.5 Å². The summed E-state index contributed by atoms with van der Waals surface area (Å²) in [6, 6.07) is -0.145. The zero-order chi connectivity index (χ0) is 24.9. The molecule has 12 nitrogen and oxygen atoms in total. The number of hydrogen-bond donors (Lipinski definition) is 3. The number of ether oxygens (including phenoxy) is 1. The highest BCUT2D eigenvalue weighted by Crippen LogP contribution is 2.45. The number of thioether (sulfide) groups is 1. The van der Waals surface area contributed by atoms with Gasteiger partial charge in [-0.25, -0.2) is 24.6 Å². The van der Waals surface area contributed by atoms with Gasteiger partial charge in [-0.3, -0.25) is 18.4 Å². The number of nitrogens with two attached hydrogens (primary N) is 1. The Bertz CT molecular complexity index is 1030. The van der Waals surface area contributed by atoms with Gasteiger partial charge in [-0.15, -0.1) is 0 Å². The van der Waals surface area contributed by atoms with E-state index < -0.39 is 13.2 Å². The van der Waals surface area contributed by atoms with Crippen molar-refractivity contribution < 1.29 is 28.3 Å². The molecular formula is C20H33N6O6PS. The fraction of sp³-hybridized carbons (Fsp3) is 0.700. The Morgan fingerprint density at radius 1 is 1.38 bits per heavy atom. The highest BCUT2D eigenvalue weighted by atomic mass is 32.2. The molecule has 3 atom stereocenters. The third-order valence-electron chi connectivity index (χ3n) is 5.15. The standard InChI is InChI=1S/C20H33N6O6PS/c1-13(2)25-33(29,30-7-8-34-19(28)20(3,4)10-27)31-9-14-5-6-15(32-14)26-12-24-16-17(21)22-11-23-18(16)26/h11-15,27H,5-10H2,1-4H3,(H,25,29)(H2,21,22,23)/t14-,15+,33?/m1/s1. The number of aliphatic hydroxyl groups is 1. The maximum atomic E-state index is 13.2. The van der Waals surface area contributed by atoms with Crippen molar-refractivity contribution in [1.82, 2.24) is 24.6 Å². The van der Waals surface area contributed by atoms with E-state index in [9.17, 15) is 14.5 Å². The number of nitrogen functional groups attached to an aromatic ring is 1. The Balaban J connectivity index is 1.53. The number of imidazole rings is 1. The Labute approximate surface area is 202 Å². The SMILES string of the molecule is CC(C)NP(=O)(OCCSC(=O)C(C)(C)CO)OC[C@H]1CC[C@@H](n2cnc3c(N)ncnc32)O1. The Kier molecular flexibility index (Phi) is 9.07. The van der Waals surface area contributed by atoms with Crippen molar-refractivity contribution in [1.29, 1.82) is 0 Å². The van der Waals surface area contributed by atoms with Gasteiger partial charge in [0.2, 0.25) is 0 Å². The second-order valence-corrected chi connectivity index (χ2v) is 11.8. The topological polar surface area (TPSA) is 164 Å². The minimum absolute atomic E-state index is 0.0468. The van der Waals surface area contributed by atoms with E-state index in [1.54, 1.807) is 24.7 Å². The Morgan fingerprint density at radius 3 is 2.85 bits per heavy atom. The first-order valence-electron chi connectivity index (χ1n) is 11.1. The summed E-state index contributed by atoms with van der Waals surface area (Å²) in [5, 5.41) is 12.0. The highest BCUT2D eigenvalue weighted by molar-refractivity contribution is 8.13. The first-order valence-corrected chi connectivity index (χ1v) is 13.6. The number of aliphatic hydroxyl groups excluding tert-OH is 1. The number of nitrogens with one attached hydrogen (secondary N) is 1. The van der Waals surface area contributed by atoms with Crippen molar-refractivity contribution in [2.24, 2.45) is 5.41 Å². The van der Waals surface area contributed by atoms with Crippen molar-refractivity contribution >= 4 is 41.6 Å². The number of hydrogen-bond acceptors (Lipinski definition) is 11. The minimum Gasteiger partial charge on any atom is -0.395 e. The van der Waals surface area contributed by atoms with Crippen LogP contribution < -0.4 is 10.8 Å². The molecule has 2 aromatic heterocycles. The van der Waals surface area contributed by atoms with E-state index in [0.29, 0.717) is 29.8 Å². The quantitative estimate of drug-likeness (QED) is 0.279. The fourth-order valence-corrected chi connectivity index (χ4v) is 5.74. The maximum absolute atomic E-state index is 13.2. The minimum atomic E-state index is -3.62. The van der Waals surface area contributed by atoms with Crippen LogP contribution in [0.1, 0.15) is 46.8 Å². The molecule has 0 spiro atoms. The van der Waals surface area contributed by atoms with Gasteiger partial charge in [-0.1, -0.05) is 11.8 Å². The third-order valence-corrected chi connectivity index (χ3v) is 8.18. The van der Waals surface area contributed by atoms with Gasteiger partial charge in [0.05, 0.1) is 37.7 Å². The number of carbonyl (C=O) groups is 1. The molecule has 2 aromatic rings. The van der Waals surface area contributed by atoms with Gasteiger partial charge in [0.1, 0.15) is 18.1 Å². The predicted octanol–water partition coefficient (Wildman–Crippen LogP) is 2.50. The zero-order valence-electron chi connectivity index (χ0n) is 19.8. The monoisotopic (exact) mass is 516 g/mol. The van der Waals surface area contributed by atoms with Crippen LogP contribution in [0.2, 0.25) is 0 Å². The van der Waals surface area contributed by atoms with E-state index in [1.165, 1.54) is 6.33 Å². The smallest absolute Gasteiger partial charge is 0.395 e. The van der Waals surface area contributed by atoms with Crippen molar-refractivity contribution in [3.05, 3.63) is 12.7 Å². The molecule has 34 heavy (non-hydrogen) atoms. The number of carbonyl (C=O) groups excluding carboxylic acids is 1. The van der Waals surface area contributed by atoms with Gasteiger partial charge in [0, 0.05) is 11.8 Å². The number of rotatable bonds is 12. The Hall–Kier alpha value is -1.60. The summed E-state index contributed by atoms with van der Waals surface area (Å²) in [7, 11) is -3.62. The van der Waals surface area contributed by atoms with Crippen molar-refractivity contribution in [3.63, 3.8) is 0 Å². The number of nitrogens with zero attached hydrogens (tertiary/aromatic N) is 4. The predicted molar refractivity (Wildman–Crippen MR) is 129 cm³/mol. The molecule has 0 saturated carbocycles. The lowest BCUT2D eigenvalue weighted by molar-refractivity contribution is -0.119. The second-order valence-electron chi connectivity index (χ2n) is 8.96. The Morgan fingerprint density at radius 2 is 2.15 bits per heavy atom. The van der Waals surface area contributed by atoms with E-state index >= 15 is 0 Å². The lowest BCUT2D eigenvalue weighted by Gasteiger charge is -2.23. The van der Waals surface area contributed by atoms with Gasteiger partial charge in [0.25, 0.3) is 0 Å². The number of anilines is 1. The summed E-state index contributed by atoms with van der Waals surface area (Å²) in [6.45, 7) is 6.88. The van der Waals surface area contributed by atoms with Crippen LogP contribution in [0.4, 0.5) is 5.82 Å². The first-order chi connectivity index (χ1) is 16.0. The largest absolute Gasteiger partial charge is 0.405 e. The lowest BCUT2D eigenvalue weighted by Crippen LogP contribution is -2.27. The molecule has 14 heteroatoms. The van der Waals surface area contributed by atoms with Gasteiger partial charge in [-0.05, 0) is 40.5 Å². The molecule has 3 rings (SSSR count). The van der Waals surface area contributed by atoms with E-state index in [1.807, 2.05) is 13.8 Å². The first kappa shape index (κ1) is 27.0. The summed E-state index contributed by atoms with van der Waals surface area (Å²) in [5.41, 5.74) is 6.12. The molecule has 0 aromatic carbocycles. The van der Waals surface area contributed by atoms with E-state index in [-0.39, 0.29) is 49.1 Å². The van der Waals surface area contributed by atoms with Crippen LogP contribution in [-0.2, 0) is 23.1 Å². The molecule has 1 fully saturated rings. The molecule has 1 aliphatic rings. The molecule has 4 N–H and O–H groups in total. The van der Waals surface area contributed by atoms with Gasteiger partial charge in [0.15, 0.2) is 16.6 Å². The summed E-state index contributed by atoms with van der Waals surface area (Å²) >= 11 is 1.03. The van der Waals surface area contributed by atoms with Crippen LogP contribution in [0.3, 0.4) is 0 Å². The van der Waals surface area contributed by atoms with Crippen LogP contribution in [0.5, 0.6) is 0 Å². The van der Waals surface area contributed by atoms with Gasteiger partial charge >= 0.3 is 7.75 Å². The molecular weight excluding hydrogens is 483 g/mol. The summed E-state index contributed by atoms with van der Waals surface area (Å²) < 4.78 is 32.3. The average molecular weight is 517 g/mol. The number of fused-ring (bicyclic) bond motifs is 1. The average Bonchev–Trinajstić information content (AvgIpc) is 3.42. The highest BCUT2D eigenvalue weighted by Gasteiger charge is 2.33. The lowest BCUT2D eigenvalue weighted by atomic mass is 9.97. The van der Waals surface area contributed by atoms with Crippen molar-refractivity contribution in [3.8, 4) is 0 Å². The van der Waals surface area contributed by atoms with Crippen LogP contribution >= 0.6 is 19.5 Å². The molecule has 0 radical (unpaired) electrons. The van der Waals surface area contributed by atoms with Crippen LogP contribution in [0.15, 0.2) is 12.7 Å². The fourth-order valence-electron chi connectivity index (χ4n) is 3.26. The van der Waals surface area contributed by atoms with Crippen LogP contribution in [0, 0.1) is 5.41 Å². The van der Waals surface area contributed by atoms with Crippen molar-refractivity contribution in [2.45, 2.75) is 58.9 Å². The number of aromatic nitrogens is 4. The molecule has 1 saturated heterocycles. The molecule has 1 aliphatic heterocycles. The summed E-state index contributed by atoms with van der Waals surface area (Å²) in [4.78, 5) is 24.6. The summed E-state index contributed by atoms with van der Waals surface area (Å²) in [6.07, 6.45) is 3.79. The second kappa shape index (κ2) is 11.4. The van der Waals surface area contributed by atoms with Crippen LogP contribution in [0.25, 0.3) is 11.2 Å². The molecule has 0 aliphatic carbocycles. The molecule has 0 bridgehead atoms. The zero-order valence-corrected chi connectivity index (χ0v) is 21.6. The van der Waals surface area contributed by atoms with Crippen molar-refractivity contribution in [2.75, 3.05) is 31.3 Å². The van der Waals surface area contributed by atoms with E-state index in [0.717, 1.165) is 11.8 Å². The van der Waals surface area contributed by atoms with E-state index in [2.05, 4.69) is 20.0 Å². The molecule has 0 amide bonds. The van der Waals surface area contributed by atoms with Gasteiger partial charge in [-0.2, -0.15) is 0 Å². The normalized spacial score (nSPS) is 20.8.